The van der Waals surface area contributed by atoms with Crippen LogP contribution < -0.4 is 10.6 Å². The number of aliphatic imine (C=N–C) groups is 1. The van der Waals surface area contributed by atoms with Crippen molar-refractivity contribution in [2.45, 2.75) is 50.7 Å². The van der Waals surface area contributed by atoms with Gasteiger partial charge < -0.3 is 15.5 Å². The van der Waals surface area contributed by atoms with Gasteiger partial charge in [0, 0.05) is 25.4 Å². The van der Waals surface area contributed by atoms with Gasteiger partial charge in [-0.25, -0.2) is 0 Å². The van der Waals surface area contributed by atoms with E-state index >= 15 is 0 Å². The lowest BCUT2D eigenvalue weighted by Gasteiger charge is -2.30. The van der Waals surface area contributed by atoms with Crippen molar-refractivity contribution in [2.75, 3.05) is 45.5 Å². The number of rotatable bonds is 7. The lowest BCUT2D eigenvalue weighted by Crippen LogP contribution is -2.40. The molecule has 2 saturated heterocycles. The zero-order chi connectivity index (χ0) is 15.6. The topological polar surface area (TPSA) is 39.7 Å². The van der Waals surface area contributed by atoms with Crippen LogP contribution in [0.5, 0.6) is 0 Å². The Morgan fingerprint density at radius 3 is 2.68 bits per heavy atom. The fourth-order valence-electron chi connectivity index (χ4n) is 3.19. The Kier molecular flexibility index (Phi) is 8.45. The Bertz CT molecular complexity index is 321. The van der Waals surface area contributed by atoms with Crippen LogP contribution in [0, 0.1) is 5.92 Å². The SMILES string of the molecule is CN=C(NCCCCN1CCC(C)CC1)NCC1CCCS1. The first-order chi connectivity index (χ1) is 10.8. The maximum atomic E-state index is 4.32. The van der Waals surface area contributed by atoms with Crippen LogP contribution in [0.3, 0.4) is 0 Å². The van der Waals surface area contributed by atoms with Gasteiger partial charge in [-0.3, -0.25) is 4.99 Å². The summed E-state index contributed by atoms with van der Waals surface area (Å²) in [6.07, 6.45) is 8.01. The normalized spacial score (nSPS) is 24.6. The molecular weight excluding hydrogens is 292 g/mol. The molecule has 0 saturated carbocycles. The first-order valence-electron chi connectivity index (χ1n) is 9.06. The fraction of sp³-hybridized carbons (Fsp3) is 0.941. The van der Waals surface area contributed by atoms with E-state index in [1.165, 1.54) is 63.9 Å². The smallest absolute Gasteiger partial charge is 0.191 e. The Balaban J connectivity index is 1.47. The molecule has 4 nitrogen and oxygen atoms in total. The van der Waals surface area contributed by atoms with E-state index in [-0.39, 0.29) is 0 Å². The zero-order valence-corrected chi connectivity index (χ0v) is 15.3. The average molecular weight is 327 g/mol. The lowest BCUT2D eigenvalue weighted by molar-refractivity contribution is 0.189. The molecule has 2 rings (SSSR count). The Morgan fingerprint density at radius 2 is 2.00 bits per heavy atom. The molecule has 0 radical (unpaired) electrons. The maximum absolute atomic E-state index is 4.32. The third-order valence-corrected chi connectivity index (χ3v) is 6.21. The molecule has 1 atom stereocenters. The van der Waals surface area contributed by atoms with Gasteiger partial charge in [-0.1, -0.05) is 6.92 Å². The summed E-state index contributed by atoms with van der Waals surface area (Å²) in [5.74, 6) is 3.23. The first kappa shape index (κ1) is 17.9. The van der Waals surface area contributed by atoms with Crippen LogP contribution >= 0.6 is 11.8 Å². The summed E-state index contributed by atoms with van der Waals surface area (Å²) in [5.41, 5.74) is 0. The van der Waals surface area contributed by atoms with Crippen molar-refractivity contribution in [3.8, 4) is 0 Å². The molecule has 2 heterocycles. The van der Waals surface area contributed by atoms with E-state index in [4.69, 9.17) is 0 Å². The predicted octanol–water partition coefficient (Wildman–Crippen LogP) is 2.56. The second-order valence-corrected chi connectivity index (χ2v) is 8.15. The molecule has 2 aliphatic heterocycles. The molecule has 1 unspecified atom stereocenters. The van der Waals surface area contributed by atoms with Crippen LogP contribution in [0.1, 0.15) is 45.4 Å². The molecular formula is C17H34N4S. The summed E-state index contributed by atoms with van der Waals surface area (Å²) in [7, 11) is 1.87. The predicted molar refractivity (Wildman–Crippen MR) is 98.9 cm³/mol. The number of thioether (sulfide) groups is 1. The Hall–Kier alpha value is -0.420. The summed E-state index contributed by atoms with van der Waals surface area (Å²) < 4.78 is 0. The summed E-state index contributed by atoms with van der Waals surface area (Å²) in [4.78, 5) is 6.95. The van der Waals surface area contributed by atoms with Crippen LogP contribution in [0.4, 0.5) is 0 Å². The number of guanidine groups is 1. The third-order valence-electron chi connectivity index (χ3n) is 4.81. The summed E-state index contributed by atoms with van der Waals surface area (Å²) >= 11 is 2.09. The number of hydrogen-bond acceptors (Lipinski definition) is 3. The highest BCUT2D eigenvalue weighted by molar-refractivity contribution is 8.00. The van der Waals surface area contributed by atoms with Crippen LogP contribution in [0.2, 0.25) is 0 Å². The van der Waals surface area contributed by atoms with E-state index in [1.54, 1.807) is 0 Å². The summed E-state index contributed by atoms with van der Waals surface area (Å²) in [6.45, 7) is 8.33. The molecule has 2 fully saturated rings. The van der Waals surface area contributed by atoms with Gasteiger partial charge in [-0.15, -0.1) is 0 Å². The quantitative estimate of drug-likeness (QED) is 0.428. The minimum atomic E-state index is 0.778. The van der Waals surface area contributed by atoms with Crippen molar-refractivity contribution in [2.24, 2.45) is 10.9 Å². The van der Waals surface area contributed by atoms with E-state index in [2.05, 4.69) is 39.2 Å². The van der Waals surface area contributed by atoms with Crippen LogP contribution in [0.25, 0.3) is 0 Å². The van der Waals surface area contributed by atoms with Gasteiger partial charge in [-0.2, -0.15) is 11.8 Å². The molecule has 5 heteroatoms. The zero-order valence-electron chi connectivity index (χ0n) is 14.4. The van der Waals surface area contributed by atoms with Gasteiger partial charge >= 0.3 is 0 Å². The summed E-state index contributed by atoms with van der Waals surface area (Å²) in [6, 6.07) is 0. The number of hydrogen-bond donors (Lipinski definition) is 2. The monoisotopic (exact) mass is 326 g/mol. The number of likely N-dealkylation sites (tertiary alicyclic amines) is 1. The lowest BCUT2D eigenvalue weighted by atomic mass is 9.99. The molecule has 0 aliphatic carbocycles. The maximum Gasteiger partial charge on any atom is 0.191 e. The standard InChI is InChI=1S/C17H34N4S/c1-15-7-11-21(12-8-15)10-4-3-9-19-17(18-2)20-14-16-6-5-13-22-16/h15-16H,3-14H2,1-2H3,(H2,18,19,20). The van der Waals surface area contributed by atoms with Crippen LogP contribution in [-0.2, 0) is 0 Å². The number of nitrogens with zero attached hydrogens (tertiary/aromatic N) is 2. The van der Waals surface area contributed by atoms with E-state index in [9.17, 15) is 0 Å². The minimum absolute atomic E-state index is 0.778. The molecule has 0 aromatic carbocycles. The fourth-order valence-corrected chi connectivity index (χ4v) is 4.39. The third kappa shape index (κ3) is 6.78. The van der Waals surface area contributed by atoms with Crippen molar-refractivity contribution >= 4 is 17.7 Å². The molecule has 0 spiro atoms. The minimum Gasteiger partial charge on any atom is -0.356 e. The first-order valence-corrected chi connectivity index (χ1v) is 10.1. The molecule has 0 bridgehead atoms. The molecule has 128 valence electrons. The van der Waals surface area contributed by atoms with Crippen molar-refractivity contribution in [3.63, 3.8) is 0 Å². The van der Waals surface area contributed by atoms with Crippen molar-refractivity contribution in [1.82, 2.24) is 15.5 Å². The Labute approximate surface area is 140 Å². The Morgan fingerprint density at radius 1 is 1.18 bits per heavy atom. The van der Waals surface area contributed by atoms with E-state index in [0.29, 0.717) is 0 Å². The second kappa shape index (κ2) is 10.4. The number of unbranched alkanes of at least 4 members (excludes halogenated alkanes) is 1. The highest BCUT2D eigenvalue weighted by atomic mass is 32.2. The van der Waals surface area contributed by atoms with Gasteiger partial charge in [0.2, 0.25) is 0 Å². The largest absolute Gasteiger partial charge is 0.356 e. The molecule has 0 amide bonds. The van der Waals surface area contributed by atoms with E-state index in [1.807, 2.05) is 7.05 Å². The van der Waals surface area contributed by atoms with Gasteiger partial charge in [-0.05, 0) is 69.8 Å². The summed E-state index contributed by atoms with van der Waals surface area (Å²) in [5, 5.41) is 7.69. The van der Waals surface area contributed by atoms with Crippen molar-refractivity contribution < 1.29 is 0 Å². The molecule has 0 aromatic heterocycles. The van der Waals surface area contributed by atoms with Gasteiger partial charge in [0.1, 0.15) is 0 Å². The second-order valence-electron chi connectivity index (χ2n) is 6.75. The molecule has 22 heavy (non-hydrogen) atoms. The van der Waals surface area contributed by atoms with E-state index < -0.39 is 0 Å². The van der Waals surface area contributed by atoms with Crippen LogP contribution in [0.15, 0.2) is 4.99 Å². The highest BCUT2D eigenvalue weighted by Crippen LogP contribution is 2.25. The molecule has 2 N–H and O–H groups in total. The highest BCUT2D eigenvalue weighted by Gasteiger charge is 2.16. The van der Waals surface area contributed by atoms with Gasteiger partial charge in [0.15, 0.2) is 5.96 Å². The molecule has 0 aromatic rings. The van der Waals surface area contributed by atoms with E-state index in [0.717, 1.165) is 30.2 Å². The van der Waals surface area contributed by atoms with Crippen molar-refractivity contribution in [1.29, 1.82) is 0 Å². The average Bonchev–Trinajstić information content (AvgIpc) is 3.05. The molecule has 2 aliphatic rings. The number of piperidine rings is 1. The van der Waals surface area contributed by atoms with Gasteiger partial charge in [0.25, 0.3) is 0 Å². The number of nitrogens with one attached hydrogen (secondary N) is 2. The van der Waals surface area contributed by atoms with Gasteiger partial charge in [0.05, 0.1) is 0 Å². The van der Waals surface area contributed by atoms with Crippen LogP contribution in [-0.4, -0.2) is 61.6 Å². The van der Waals surface area contributed by atoms with Crippen molar-refractivity contribution in [3.05, 3.63) is 0 Å².